The number of ether oxygens (including phenoxy) is 1. The van der Waals surface area contributed by atoms with E-state index in [1.54, 1.807) is 19.5 Å². The molecule has 1 saturated heterocycles. The van der Waals surface area contributed by atoms with Gasteiger partial charge in [-0.05, 0) is 37.8 Å². The van der Waals surface area contributed by atoms with Crippen molar-refractivity contribution in [3.05, 3.63) is 53.3 Å². The van der Waals surface area contributed by atoms with Crippen molar-refractivity contribution in [3.8, 4) is 6.01 Å². The molecule has 0 radical (unpaired) electrons. The van der Waals surface area contributed by atoms with Crippen molar-refractivity contribution in [2.45, 2.75) is 32.4 Å². The number of aliphatic hydroxyl groups excluding tert-OH is 1. The number of rotatable bonds is 5. The summed E-state index contributed by atoms with van der Waals surface area (Å²) in [7, 11) is 1.56. The second-order valence-electron chi connectivity index (χ2n) is 6.62. The largest absolute Gasteiger partial charge is 0.467 e. The molecule has 1 N–H and O–H groups in total. The number of aliphatic hydroxyl groups is 1. The van der Waals surface area contributed by atoms with Crippen molar-refractivity contribution < 1.29 is 9.84 Å². The van der Waals surface area contributed by atoms with Crippen molar-refractivity contribution >= 4 is 0 Å². The summed E-state index contributed by atoms with van der Waals surface area (Å²) in [6, 6.07) is 9.00. The highest BCUT2D eigenvalue weighted by Crippen LogP contribution is 2.23. The highest BCUT2D eigenvalue weighted by molar-refractivity contribution is 5.22. The van der Waals surface area contributed by atoms with Gasteiger partial charge in [0.1, 0.15) is 0 Å². The van der Waals surface area contributed by atoms with Gasteiger partial charge in [0.25, 0.3) is 0 Å². The number of β-amino-alcohol motifs (C(OH)–C–C–N with tert-alkyl or cyclic N) is 1. The molecule has 24 heavy (non-hydrogen) atoms. The molecule has 1 fully saturated rings. The summed E-state index contributed by atoms with van der Waals surface area (Å²) in [5.74, 6) is 0.330. The molecule has 2 aromatic rings. The van der Waals surface area contributed by atoms with Gasteiger partial charge in [0.05, 0.1) is 13.2 Å². The minimum absolute atomic E-state index is 0.292. The van der Waals surface area contributed by atoms with E-state index in [0.717, 1.165) is 31.5 Å². The summed E-state index contributed by atoms with van der Waals surface area (Å²) >= 11 is 0. The highest BCUT2D eigenvalue weighted by Gasteiger charge is 2.27. The van der Waals surface area contributed by atoms with Crippen LogP contribution in [0.1, 0.15) is 23.1 Å². The molecule has 0 spiro atoms. The van der Waals surface area contributed by atoms with E-state index in [1.165, 1.54) is 11.1 Å². The van der Waals surface area contributed by atoms with Crippen LogP contribution in [-0.4, -0.2) is 46.3 Å². The molecule has 5 heteroatoms. The van der Waals surface area contributed by atoms with Crippen LogP contribution in [0.4, 0.5) is 0 Å². The molecule has 1 aromatic carbocycles. The van der Waals surface area contributed by atoms with Gasteiger partial charge in [-0.1, -0.05) is 29.8 Å². The molecule has 0 aliphatic carbocycles. The Labute approximate surface area is 143 Å². The summed E-state index contributed by atoms with van der Waals surface area (Å²) in [5.41, 5.74) is 3.62. The van der Waals surface area contributed by atoms with Gasteiger partial charge in [-0.2, -0.15) is 0 Å². The fourth-order valence-corrected chi connectivity index (χ4v) is 3.24. The Morgan fingerprint density at radius 2 is 1.88 bits per heavy atom. The third kappa shape index (κ3) is 4.30. The first-order valence-corrected chi connectivity index (χ1v) is 8.45. The lowest BCUT2D eigenvalue weighted by Gasteiger charge is -2.36. The quantitative estimate of drug-likeness (QED) is 0.912. The van der Waals surface area contributed by atoms with E-state index in [1.807, 2.05) is 0 Å². The molecule has 1 aliphatic heterocycles. The van der Waals surface area contributed by atoms with Crippen LogP contribution in [0.3, 0.4) is 0 Å². The van der Waals surface area contributed by atoms with E-state index >= 15 is 0 Å². The molecule has 3 rings (SSSR count). The lowest BCUT2D eigenvalue weighted by atomic mass is 9.87. The molecule has 2 atom stereocenters. The van der Waals surface area contributed by atoms with Crippen molar-refractivity contribution in [1.82, 2.24) is 14.9 Å². The minimum atomic E-state index is -0.292. The normalized spacial score (nSPS) is 21.6. The molecule has 0 bridgehead atoms. The van der Waals surface area contributed by atoms with E-state index < -0.39 is 0 Å². The Hall–Kier alpha value is -1.98. The van der Waals surface area contributed by atoms with E-state index in [9.17, 15) is 5.11 Å². The monoisotopic (exact) mass is 327 g/mol. The van der Waals surface area contributed by atoms with Crippen molar-refractivity contribution in [2.24, 2.45) is 5.92 Å². The number of hydrogen-bond acceptors (Lipinski definition) is 5. The highest BCUT2D eigenvalue weighted by atomic mass is 16.5. The number of likely N-dealkylation sites (tertiary alicyclic amines) is 1. The molecule has 1 aliphatic rings. The van der Waals surface area contributed by atoms with Crippen LogP contribution in [-0.2, 0) is 13.0 Å². The van der Waals surface area contributed by atoms with Crippen LogP contribution in [0.5, 0.6) is 6.01 Å². The van der Waals surface area contributed by atoms with Gasteiger partial charge < -0.3 is 9.84 Å². The maximum absolute atomic E-state index is 10.5. The predicted molar refractivity (Wildman–Crippen MR) is 92.9 cm³/mol. The maximum atomic E-state index is 10.5. The van der Waals surface area contributed by atoms with Crippen LogP contribution in [0.2, 0.25) is 0 Å². The summed E-state index contributed by atoms with van der Waals surface area (Å²) in [5, 5.41) is 10.5. The summed E-state index contributed by atoms with van der Waals surface area (Å²) in [4.78, 5) is 10.5. The molecule has 0 saturated carbocycles. The maximum Gasteiger partial charge on any atom is 0.316 e. The second-order valence-corrected chi connectivity index (χ2v) is 6.62. The SMILES string of the molecule is COc1ncc(CN2CC[C@H](Cc3ccc(C)cc3)[C@@H](O)C2)cn1. The Bertz CT molecular complexity index is 643. The number of aromatic nitrogens is 2. The standard InChI is InChI=1S/C19H25N3O2/c1-14-3-5-15(6-4-14)9-17-7-8-22(13-18(17)23)12-16-10-20-19(24-2)21-11-16/h3-6,10-11,17-18,23H,7-9,12-13H2,1-2H3/t17-,18+/m1/s1. The van der Waals surface area contributed by atoms with E-state index in [4.69, 9.17) is 4.74 Å². The van der Waals surface area contributed by atoms with Crippen molar-refractivity contribution in [3.63, 3.8) is 0 Å². The lowest BCUT2D eigenvalue weighted by molar-refractivity contribution is 0.0187. The van der Waals surface area contributed by atoms with Gasteiger partial charge in [0.2, 0.25) is 0 Å². The van der Waals surface area contributed by atoms with Gasteiger partial charge in [0.15, 0.2) is 0 Å². The zero-order chi connectivity index (χ0) is 16.9. The fraction of sp³-hybridized carbons (Fsp3) is 0.474. The summed E-state index contributed by atoms with van der Waals surface area (Å²) in [6.45, 7) is 4.54. The molecule has 0 unspecified atom stereocenters. The van der Waals surface area contributed by atoms with Gasteiger partial charge in [-0.3, -0.25) is 4.90 Å². The average molecular weight is 327 g/mol. The number of methoxy groups -OCH3 is 1. The van der Waals surface area contributed by atoms with Crippen molar-refractivity contribution in [1.29, 1.82) is 0 Å². The Morgan fingerprint density at radius 1 is 1.17 bits per heavy atom. The Balaban J connectivity index is 1.53. The molecular formula is C19H25N3O2. The van der Waals surface area contributed by atoms with Gasteiger partial charge in [-0.25, -0.2) is 9.97 Å². The zero-order valence-electron chi connectivity index (χ0n) is 14.4. The lowest BCUT2D eigenvalue weighted by Crippen LogP contribution is -2.44. The van der Waals surface area contributed by atoms with Crippen LogP contribution in [0.25, 0.3) is 0 Å². The molecule has 128 valence electrons. The van der Waals surface area contributed by atoms with Crippen LogP contribution in [0, 0.1) is 12.8 Å². The first kappa shape index (κ1) is 16.9. The molecular weight excluding hydrogens is 302 g/mol. The first-order valence-electron chi connectivity index (χ1n) is 8.45. The number of piperidine rings is 1. The Kier molecular flexibility index (Phi) is 5.43. The summed E-state index contributed by atoms with van der Waals surface area (Å²) < 4.78 is 4.98. The van der Waals surface area contributed by atoms with E-state index in [0.29, 0.717) is 18.5 Å². The fourth-order valence-electron chi connectivity index (χ4n) is 3.24. The minimum Gasteiger partial charge on any atom is -0.467 e. The molecule has 0 amide bonds. The van der Waals surface area contributed by atoms with Gasteiger partial charge in [-0.15, -0.1) is 0 Å². The number of nitrogens with zero attached hydrogens (tertiary/aromatic N) is 3. The molecule has 1 aromatic heterocycles. The third-order valence-corrected chi connectivity index (χ3v) is 4.69. The smallest absolute Gasteiger partial charge is 0.316 e. The molecule has 5 nitrogen and oxygen atoms in total. The number of aryl methyl sites for hydroxylation is 1. The number of benzene rings is 1. The first-order chi connectivity index (χ1) is 11.6. The topological polar surface area (TPSA) is 58.5 Å². The Morgan fingerprint density at radius 3 is 2.50 bits per heavy atom. The van der Waals surface area contributed by atoms with Gasteiger partial charge in [0, 0.05) is 31.0 Å². The van der Waals surface area contributed by atoms with Gasteiger partial charge >= 0.3 is 6.01 Å². The third-order valence-electron chi connectivity index (χ3n) is 4.69. The van der Waals surface area contributed by atoms with Crippen LogP contribution in [0.15, 0.2) is 36.7 Å². The van der Waals surface area contributed by atoms with Crippen LogP contribution < -0.4 is 4.74 Å². The molecule has 2 heterocycles. The van der Waals surface area contributed by atoms with Crippen LogP contribution >= 0.6 is 0 Å². The second kappa shape index (κ2) is 7.73. The zero-order valence-corrected chi connectivity index (χ0v) is 14.4. The predicted octanol–water partition coefficient (Wildman–Crippen LogP) is 2.22. The van der Waals surface area contributed by atoms with E-state index in [-0.39, 0.29) is 6.10 Å². The average Bonchev–Trinajstić information content (AvgIpc) is 2.60. The van der Waals surface area contributed by atoms with E-state index in [2.05, 4.69) is 46.1 Å². The number of hydrogen-bond donors (Lipinski definition) is 1. The summed E-state index contributed by atoms with van der Waals surface area (Å²) in [6.07, 6.45) is 5.24. The van der Waals surface area contributed by atoms with Crippen molar-refractivity contribution in [2.75, 3.05) is 20.2 Å².